The zero-order valence-electron chi connectivity index (χ0n) is 56.1. The molecule has 29 heteroatoms. The van der Waals surface area contributed by atoms with Crippen molar-refractivity contribution in [2.45, 2.75) is 125 Å². The second-order valence-corrected chi connectivity index (χ2v) is 27.1. The number of anilines is 6. The molecule has 0 aromatic heterocycles. The lowest BCUT2D eigenvalue weighted by molar-refractivity contribution is -0.138. The van der Waals surface area contributed by atoms with Crippen LogP contribution in [0.5, 0.6) is 28.7 Å². The van der Waals surface area contributed by atoms with Crippen LogP contribution < -0.4 is 55.6 Å². The number of halogens is 9. The van der Waals surface area contributed by atoms with Crippen LogP contribution in [0.15, 0.2) is 127 Å². The average molecular weight is 1450 g/mol. The van der Waals surface area contributed by atoms with Gasteiger partial charge in [-0.25, -0.2) is 0 Å². The summed E-state index contributed by atoms with van der Waals surface area (Å²) in [7, 11) is 0. The Morgan fingerprint density at radius 1 is 0.481 bits per heavy atom. The summed E-state index contributed by atoms with van der Waals surface area (Å²) in [4.78, 5) is 74.5. The van der Waals surface area contributed by atoms with Gasteiger partial charge in [-0.15, -0.1) is 0 Å². The van der Waals surface area contributed by atoms with Crippen LogP contribution in [0.2, 0.25) is 0 Å². The fourth-order valence-corrected chi connectivity index (χ4v) is 13.9. The van der Waals surface area contributed by atoms with Crippen molar-refractivity contribution in [3.8, 4) is 28.7 Å². The third-order valence-corrected chi connectivity index (χ3v) is 19.5. The zero-order chi connectivity index (χ0) is 73.7. The first-order chi connectivity index (χ1) is 49.3. The molecule has 546 valence electrons. The van der Waals surface area contributed by atoms with Gasteiger partial charge in [0.25, 0.3) is 11.8 Å². The average Bonchev–Trinajstić information content (AvgIpc) is 1.36. The van der Waals surface area contributed by atoms with E-state index in [0.29, 0.717) is 176 Å². The van der Waals surface area contributed by atoms with E-state index >= 15 is 0 Å². The van der Waals surface area contributed by atoms with Crippen molar-refractivity contribution in [3.63, 3.8) is 0 Å². The van der Waals surface area contributed by atoms with Crippen molar-refractivity contribution in [1.29, 1.82) is 0 Å². The molecule has 3 saturated heterocycles. The summed E-state index contributed by atoms with van der Waals surface area (Å²) in [6.45, 7) is 7.69. The van der Waals surface area contributed by atoms with Crippen LogP contribution in [-0.2, 0) is 66.9 Å². The van der Waals surface area contributed by atoms with E-state index in [1.54, 1.807) is 61.5 Å². The lowest BCUT2D eigenvalue weighted by Crippen LogP contribution is -2.44. The van der Waals surface area contributed by atoms with Gasteiger partial charge in [-0.2, -0.15) is 39.5 Å². The molecule has 0 aliphatic carbocycles. The maximum absolute atomic E-state index is 13.3. The molecule has 9 heterocycles. The maximum atomic E-state index is 13.3. The second kappa shape index (κ2) is 28.0. The molecule has 20 nitrogen and oxygen atoms in total. The predicted molar refractivity (Wildman–Crippen MR) is 362 cm³/mol. The van der Waals surface area contributed by atoms with E-state index in [4.69, 9.17) is 37.9 Å². The first-order valence-electron chi connectivity index (χ1n) is 33.4. The molecule has 6 aromatic carbocycles. The molecule has 1 atom stereocenters. The van der Waals surface area contributed by atoms with Gasteiger partial charge in [0, 0.05) is 110 Å². The first-order valence-corrected chi connectivity index (χ1v) is 33.4. The van der Waals surface area contributed by atoms with E-state index in [1.165, 1.54) is 36.4 Å². The normalized spacial score (nSPS) is 21.0. The standard InChI is InChI=1S/C26H25F3N2O4.C25H23F3N2O5.C24H21F3N2O5/c1-24(2)19-6-4-17(13-20(19)31-23(24)33)30-22(32)11-15-14-25(7-9-34-10-8-25)35-21-12-16(26(27,28)29)3-5-18(15)21;1-14-23(32)30-19-12-17(3-5-20(19)34-14)29-22(31)10-15-13-24(6-8-33-9-7-24)35-21-11-16(25(26,27)28)2-4-18(15)21;25-24(26,27)15-4-5-16-14(12-23(34-19(16)11-15)6-8-32-9-7-23)10-20(30)28-17-2-1-3-18-22(17)33-13-21(31)29-18/h3-6,11-13H,7-10,14H2,1-2H3,(H,30,32)(H,31,33);2-5,10-12,14H,6-9,13H2,1H3,(H,29,31)(H,30,32);1-5,10-11H,6-9,12-13H2,(H,28,30)(H,29,31)/b15-11+;15-10+;14-10+. The van der Waals surface area contributed by atoms with Crippen LogP contribution in [0.3, 0.4) is 0 Å². The second-order valence-electron chi connectivity index (χ2n) is 27.1. The minimum absolute atomic E-state index is 0.102. The van der Waals surface area contributed by atoms with Gasteiger partial charge >= 0.3 is 18.5 Å². The Morgan fingerprint density at radius 2 is 0.904 bits per heavy atom. The molecule has 9 aliphatic heterocycles. The number of nitrogens with one attached hydrogen (secondary N) is 6. The molecule has 0 saturated carbocycles. The number of alkyl halides is 9. The highest BCUT2D eigenvalue weighted by molar-refractivity contribution is 6.10. The highest BCUT2D eigenvalue weighted by Crippen LogP contribution is 2.51. The van der Waals surface area contributed by atoms with Gasteiger partial charge in [0.2, 0.25) is 23.6 Å². The molecule has 0 radical (unpaired) electrons. The van der Waals surface area contributed by atoms with Gasteiger partial charge in [-0.3, -0.25) is 28.8 Å². The molecular weight excluding hydrogens is 1380 g/mol. The van der Waals surface area contributed by atoms with Crippen molar-refractivity contribution in [2.24, 2.45) is 0 Å². The van der Waals surface area contributed by atoms with Crippen LogP contribution >= 0.6 is 0 Å². The number of rotatable bonds is 6. The summed E-state index contributed by atoms with van der Waals surface area (Å²) < 4.78 is 165. The number of para-hydroxylation sites is 1. The fourth-order valence-electron chi connectivity index (χ4n) is 13.9. The smallest absolute Gasteiger partial charge is 0.416 e. The monoisotopic (exact) mass is 1450 g/mol. The largest absolute Gasteiger partial charge is 0.486 e. The third-order valence-electron chi connectivity index (χ3n) is 19.5. The number of amides is 6. The molecule has 6 amide bonds. The lowest BCUT2D eigenvalue weighted by Gasteiger charge is -2.42. The van der Waals surface area contributed by atoms with Crippen LogP contribution in [0.1, 0.15) is 118 Å². The van der Waals surface area contributed by atoms with Crippen molar-refractivity contribution in [3.05, 3.63) is 166 Å². The fraction of sp³-hybridized carbons (Fsp3) is 0.360. The highest BCUT2D eigenvalue weighted by Gasteiger charge is 2.46. The molecule has 6 aromatic rings. The number of hydrogen-bond acceptors (Lipinski definition) is 14. The van der Waals surface area contributed by atoms with Crippen LogP contribution in [0, 0.1) is 0 Å². The molecule has 104 heavy (non-hydrogen) atoms. The van der Waals surface area contributed by atoms with Crippen molar-refractivity contribution < 1.29 is 106 Å². The Labute approximate surface area is 589 Å². The van der Waals surface area contributed by atoms with Crippen LogP contribution in [-0.4, -0.2) is 105 Å². The Hall–Kier alpha value is -10.4. The summed E-state index contributed by atoms with van der Waals surface area (Å²) in [5, 5.41) is 16.5. The van der Waals surface area contributed by atoms with Gasteiger partial charge in [0.05, 0.1) is 78.8 Å². The molecular formula is C75H69F9N6O14. The van der Waals surface area contributed by atoms with E-state index in [1.807, 2.05) is 13.8 Å². The van der Waals surface area contributed by atoms with E-state index in [0.717, 1.165) is 42.0 Å². The van der Waals surface area contributed by atoms with Crippen LogP contribution in [0.25, 0.3) is 16.7 Å². The Morgan fingerprint density at radius 3 is 1.35 bits per heavy atom. The van der Waals surface area contributed by atoms with Crippen molar-refractivity contribution in [2.75, 3.05) is 78.1 Å². The molecule has 9 aliphatic rings. The zero-order valence-corrected chi connectivity index (χ0v) is 56.1. The molecule has 0 bridgehead atoms. The number of carbonyl (C=O) groups is 6. The van der Waals surface area contributed by atoms with Gasteiger partial charge in [-0.1, -0.05) is 30.3 Å². The minimum Gasteiger partial charge on any atom is -0.486 e. The number of carbonyl (C=O) groups excluding carboxylic acids is 6. The predicted octanol–water partition coefficient (Wildman–Crippen LogP) is 14.5. The molecule has 3 spiro atoms. The highest BCUT2D eigenvalue weighted by atomic mass is 19.4. The summed E-state index contributed by atoms with van der Waals surface area (Å²) >= 11 is 0. The summed E-state index contributed by atoms with van der Waals surface area (Å²) in [6, 6.07) is 25.1. The first kappa shape index (κ1) is 72.0. The Bertz CT molecular complexity index is 4550. The lowest BCUT2D eigenvalue weighted by atomic mass is 9.81. The molecule has 15 rings (SSSR count). The molecule has 1 unspecified atom stereocenters. The Kier molecular flexibility index (Phi) is 19.4. The van der Waals surface area contributed by atoms with E-state index in [2.05, 4.69) is 31.9 Å². The van der Waals surface area contributed by atoms with E-state index < -0.39 is 81.3 Å². The quantitative estimate of drug-likeness (QED) is 0.0671. The Balaban J connectivity index is 0.000000139. The number of ether oxygens (including phenoxy) is 8. The minimum atomic E-state index is -4.51. The maximum Gasteiger partial charge on any atom is 0.416 e. The van der Waals surface area contributed by atoms with Crippen molar-refractivity contribution in [1.82, 2.24) is 0 Å². The van der Waals surface area contributed by atoms with Crippen LogP contribution in [0.4, 0.5) is 73.6 Å². The van der Waals surface area contributed by atoms with Gasteiger partial charge in [0.1, 0.15) is 39.8 Å². The topological polar surface area (TPSA) is 248 Å². The van der Waals surface area contributed by atoms with Gasteiger partial charge < -0.3 is 69.8 Å². The van der Waals surface area contributed by atoms with E-state index in [9.17, 15) is 68.3 Å². The van der Waals surface area contributed by atoms with E-state index in [-0.39, 0.29) is 41.6 Å². The summed E-state index contributed by atoms with van der Waals surface area (Å²) in [6.07, 6.45) is -5.79. The summed E-state index contributed by atoms with van der Waals surface area (Å²) in [5.74, 6) is -0.875. The third kappa shape index (κ3) is 15.6. The number of hydrogen-bond donors (Lipinski definition) is 6. The summed E-state index contributed by atoms with van der Waals surface area (Å²) in [5.41, 5.74) is 1.56. The molecule has 6 N–H and O–H groups in total. The SMILES string of the molecule is CC1(C)C(=O)Nc2cc(NC(=O)/C=C3\CC4(CCOCC4)Oc4cc(C(F)(F)F)ccc43)ccc21.CC1Oc2ccc(NC(=O)/C=C3\CC4(CCOCC4)Oc4cc(C(F)(F)F)ccc43)cc2NC1=O.O=C(/C=C1\CC2(CCOCC2)Oc2cc(C(F)(F)F)ccc21)Nc1cccc2c1OCC(=O)N2. The van der Waals surface area contributed by atoms with Gasteiger partial charge in [-0.05, 0) is 122 Å². The number of fused-ring (bicyclic) bond motifs is 6. The number of benzene rings is 6. The van der Waals surface area contributed by atoms with Gasteiger partial charge in [0.15, 0.2) is 18.5 Å². The van der Waals surface area contributed by atoms with Crippen molar-refractivity contribution >= 4 is 86.3 Å². The molecule has 3 fully saturated rings.